The van der Waals surface area contributed by atoms with E-state index in [-0.39, 0.29) is 0 Å². The van der Waals surface area contributed by atoms with Crippen LogP contribution < -0.4 is 4.74 Å². The van der Waals surface area contributed by atoms with E-state index in [0.717, 1.165) is 12.1 Å². The van der Waals surface area contributed by atoms with Crippen LogP contribution in [0.5, 0.6) is 11.5 Å². The van der Waals surface area contributed by atoms with Crippen molar-refractivity contribution >= 4 is 10.9 Å². The molecule has 3 rings (SSSR count). The molecular formula is C17H11F3N2O. The molecule has 1 heterocycles. The number of nitrogens with zero attached hydrogens (tertiary/aromatic N) is 1. The molecule has 0 saturated heterocycles. The molecule has 0 aliphatic carbocycles. The SMILES string of the molecule is Cc1[nH]c2ccc(C(F)(F)F)cc2c1Oc1ccc(C#N)cc1. The van der Waals surface area contributed by atoms with Gasteiger partial charge in [0.1, 0.15) is 5.75 Å². The molecule has 116 valence electrons. The third kappa shape index (κ3) is 2.86. The molecule has 1 aromatic heterocycles. The van der Waals surface area contributed by atoms with Gasteiger partial charge in [0.05, 0.1) is 22.9 Å². The van der Waals surface area contributed by atoms with Crippen molar-refractivity contribution in [1.29, 1.82) is 5.26 Å². The van der Waals surface area contributed by atoms with Gasteiger partial charge in [-0.15, -0.1) is 0 Å². The summed E-state index contributed by atoms with van der Waals surface area (Å²) in [6.07, 6.45) is -4.41. The fraction of sp³-hybridized carbons (Fsp3) is 0.118. The highest BCUT2D eigenvalue weighted by molar-refractivity contribution is 5.88. The Labute approximate surface area is 129 Å². The number of aromatic amines is 1. The second-order valence-electron chi connectivity index (χ2n) is 5.08. The molecule has 0 unspecified atom stereocenters. The Bertz CT molecular complexity index is 902. The summed E-state index contributed by atoms with van der Waals surface area (Å²) in [7, 11) is 0. The molecule has 0 radical (unpaired) electrons. The van der Waals surface area contributed by atoms with Crippen molar-refractivity contribution in [2.45, 2.75) is 13.1 Å². The predicted molar refractivity (Wildman–Crippen MR) is 79.3 cm³/mol. The Balaban J connectivity index is 2.05. The maximum atomic E-state index is 12.9. The van der Waals surface area contributed by atoms with Crippen LogP contribution in [0, 0.1) is 18.3 Å². The molecule has 0 saturated carbocycles. The normalized spacial score (nSPS) is 11.4. The number of hydrogen-bond donors (Lipinski definition) is 1. The second kappa shape index (κ2) is 5.36. The minimum Gasteiger partial charge on any atom is -0.455 e. The van der Waals surface area contributed by atoms with E-state index in [1.54, 1.807) is 31.2 Å². The molecule has 0 aliphatic heterocycles. The number of aromatic nitrogens is 1. The summed E-state index contributed by atoms with van der Waals surface area (Å²) in [6.45, 7) is 1.73. The molecule has 0 fully saturated rings. The van der Waals surface area contributed by atoms with Crippen LogP contribution in [-0.2, 0) is 6.18 Å². The highest BCUT2D eigenvalue weighted by Gasteiger charge is 2.31. The number of nitrogens with one attached hydrogen (secondary N) is 1. The topological polar surface area (TPSA) is 48.8 Å². The van der Waals surface area contributed by atoms with Gasteiger partial charge in [0.2, 0.25) is 0 Å². The third-order valence-electron chi connectivity index (χ3n) is 3.46. The molecule has 1 N–H and O–H groups in total. The van der Waals surface area contributed by atoms with Crippen LogP contribution in [0.25, 0.3) is 10.9 Å². The molecule has 0 bridgehead atoms. The van der Waals surface area contributed by atoms with Crippen molar-refractivity contribution in [2.24, 2.45) is 0 Å². The molecule has 0 aliphatic rings. The lowest BCUT2D eigenvalue weighted by atomic mass is 10.1. The number of fused-ring (bicyclic) bond motifs is 1. The third-order valence-corrected chi connectivity index (χ3v) is 3.46. The van der Waals surface area contributed by atoms with Crippen LogP contribution in [0.15, 0.2) is 42.5 Å². The lowest BCUT2D eigenvalue weighted by Crippen LogP contribution is -2.04. The molecule has 3 aromatic rings. The van der Waals surface area contributed by atoms with Gasteiger partial charge in [-0.05, 0) is 49.4 Å². The number of aryl methyl sites for hydroxylation is 1. The zero-order valence-electron chi connectivity index (χ0n) is 12.0. The molecule has 2 aromatic carbocycles. The molecular weight excluding hydrogens is 305 g/mol. The summed E-state index contributed by atoms with van der Waals surface area (Å²) in [4.78, 5) is 3.00. The Hall–Kier alpha value is -2.94. The van der Waals surface area contributed by atoms with Crippen molar-refractivity contribution in [3.05, 3.63) is 59.3 Å². The number of hydrogen-bond acceptors (Lipinski definition) is 2. The molecule has 3 nitrogen and oxygen atoms in total. The standard InChI is InChI=1S/C17H11F3N2O/c1-10-16(23-13-5-2-11(9-21)3-6-13)14-8-12(17(18,19)20)4-7-15(14)22-10/h2-8,22H,1H3. The van der Waals surface area contributed by atoms with Gasteiger partial charge in [0, 0.05) is 10.9 Å². The number of alkyl halides is 3. The predicted octanol–water partition coefficient (Wildman–Crippen LogP) is 5.16. The van der Waals surface area contributed by atoms with Crippen LogP contribution in [0.2, 0.25) is 0 Å². The van der Waals surface area contributed by atoms with Crippen LogP contribution >= 0.6 is 0 Å². The molecule has 0 spiro atoms. The van der Waals surface area contributed by atoms with Crippen molar-refractivity contribution in [3.63, 3.8) is 0 Å². The van der Waals surface area contributed by atoms with E-state index >= 15 is 0 Å². The quantitative estimate of drug-likeness (QED) is 0.710. The minimum absolute atomic E-state index is 0.343. The average Bonchev–Trinajstić information content (AvgIpc) is 2.82. The number of rotatable bonds is 2. The maximum absolute atomic E-state index is 12.9. The van der Waals surface area contributed by atoms with Crippen molar-refractivity contribution < 1.29 is 17.9 Å². The zero-order valence-corrected chi connectivity index (χ0v) is 12.0. The molecule has 0 atom stereocenters. The second-order valence-corrected chi connectivity index (χ2v) is 5.08. The van der Waals surface area contributed by atoms with E-state index in [0.29, 0.717) is 33.7 Å². The molecule has 23 heavy (non-hydrogen) atoms. The summed E-state index contributed by atoms with van der Waals surface area (Å²) in [5.74, 6) is 0.793. The number of nitriles is 1. The van der Waals surface area contributed by atoms with Gasteiger partial charge in [-0.2, -0.15) is 18.4 Å². The van der Waals surface area contributed by atoms with E-state index in [2.05, 4.69) is 4.98 Å². The fourth-order valence-electron chi connectivity index (χ4n) is 2.33. The fourth-order valence-corrected chi connectivity index (χ4v) is 2.33. The van der Waals surface area contributed by atoms with Crippen molar-refractivity contribution in [1.82, 2.24) is 4.98 Å². The number of halogens is 3. The van der Waals surface area contributed by atoms with Crippen molar-refractivity contribution in [3.8, 4) is 17.6 Å². The number of ether oxygens (including phenoxy) is 1. The maximum Gasteiger partial charge on any atom is 0.416 e. The lowest BCUT2D eigenvalue weighted by molar-refractivity contribution is -0.137. The number of benzene rings is 2. The monoisotopic (exact) mass is 316 g/mol. The van der Waals surface area contributed by atoms with Gasteiger partial charge in [0.25, 0.3) is 0 Å². The van der Waals surface area contributed by atoms with Gasteiger partial charge in [-0.25, -0.2) is 0 Å². The van der Waals surface area contributed by atoms with E-state index in [9.17, 15) is 13.2 Å². The number of H-pyrrole nitrogens is 1. The van der Waals surface area contributed by atoms with Crippen molar-refractivity contribution in [2.75, 3.05) is 0 Å². The minimum atomic E-state index is -4.41. The summed E-state index contributed by atoms with van der Waals surface area (Å²) in [5.41, 5.74) is 0.948. The van der Waals surface area contributed by atoms with E-state index in [4.69, 9.17) is 10.00 Å². The summed E-state index contributed by atoms with van der Waals surface area (Å²) in [5, 5.41) is 9.14. The van der Waals surface area contributed by atoms with E-state index in [1.807, 2.05) is 6.07 Å². The van der Waals surface area contributed by atoms with Gasteiger partial charge >= 0.3 is 6.18 Å². The lowest BCUT2D eigenvalue weighted by Gasteiger charge is -2.08. The van der Waals surface area contributed by atoms with E-state index in [1.165, 1.54) is 6.07 Å². The zero-order chi connectivity index (χ0) is 16.6. The van der Waals surface area contributed by atoms with Gasteiger partial charge in [-0.1, -0.05) is 0 Å². The Morgan fingerprint density at radius 2 is 1.78 bits per heavy atom. The first-order valence-electron chi connectivity index (χ1n) is 6.76. The Morgan fingerprint density at radius 3 is 2.39 bits per heavy atom. The van der Waals surface area contributed by atoms with Crippen LogP contribution in [-0.4, -0.2) is 4.98 Å². The summed E-state index contributed by atoms with van der Waals surface area (Å²) >= 11 is 0. The van der Waals surface area contributed by atoms with Crippen LogP contribution in [0.1, 0.15) is 16.8 Å². The first-order chi connectivity index (χ1) is 10.9. The van der Waals surface area contributed by atoms with Gasteiger partial charge in [-0.3, -0.25) is 0 Å². The molecule has 6 heteroatoms. The first-order valence-corrected chi connectivity index (χ1v) is 6.76. The van der Waals surface area contributed by atoms with Crippen LogP contribution in [0.4, 0.5) is 13.2 Å². The largest absolute Gasteiger partial charge is 0.455 e. The first kappa shape index (κ1) is 15.0. The van der Waals surface area contributed by atoms with Gasteiger partial charge < -0.3 is 9.72 Å². The highest BCUT2D eigenvalue weighted by Crippen LogP contribution is 2.37. The van der Waals surface area contributed by atoms with E-state index < -0.39 is 11.7 Å². The average molecular weight is 316 g/mol. The smallest absolute Gasteiger partial charge is 0.416 e. The summed E-state index contributed by atoms with van der Waals surface area (Å²) in [6, 6.07) is 11.8. The van der Waals surface area contributed by atoms with Gasteiger partial charge in [0.15, 0.2) is 5.75 Å². The summed E-state index contributed by atoms with van der Waals surface area (Å²) < 4.78 is 44.4. The highest BCUT2D eigenvalue weighted by atomic mass is 19.4. The van der Waals surface area contributed by atoms with Crippen LogP contribution in [0.3, 0.4) is 0 Å². The Morgan fingerprint density at radius 1 is 1.09 bits per heavy atom. The Kier molecular flexibility index (Phi) is 3.49. The molecule has 0 amide bonds.